The fourth-order valence-corrected chi connectivity index (χ4v) is 1.84. The summed E-state index contributed by atoms with van der Waals surface area (Å²) in [6.07, 6.45) is 4.03. The van der Waals surface area contributed by atoms with Gasteiger partial charge in [0.2, 0.25) is 0 Å². The largest absolute Gasteiger partial charge is 0.312 e. The summed E-state index contributed by atoms with van der Waals surface area (Å²) < 4.78 is 0. The number of ketones is 1. The Hall–Kier alpha value is -1.71. The van der Waals surface area contributed by atoms with Crippen LogP contribution in [-0.2, 0) is 6.54 Å². The van der Waals surface area contributed by atoms with Gasteiger partial charge in [-0.25, -0.2) is 0 Å². The third-order valence-corrected chi connectivity index (χ3v) is 3.00. The maximum Gasteiger partial charge on any atom is 0.164 e. The van der Waals surface area contributed by atoms with Crippen molar-refractivity contribution in [2.75, 3.05) is 6.54 Å². The van der Waals surface area contributed by atoms with Crippen molar-refractivity contribution >= 4 is 17.4 Å². The van der Waals surface area contributed by atoms with E-state index in [9.17, 15) is 4.79 Å². The predicted octanol–water partition coefficient (Wildman–Crippen LogP) is 3.10. The van der Waals surface area contributed by atoms with Gasteiger partial charge in [-0.3, -0.25) is 9.78 Å². The summed E-state index contributed by atoms with van der Waals surface area (Å²) >= 11 is 5.78. The van der Waals surface area contributed by atoms with Gasteiger partial charge >= 0.3 is 0 Å². The molecule has 0 radical (unpaired) electrons. The molecule has 0 atom stereocenters. The van der Waals surface area contributed by atoms with Crippen LogP contribution in [0.25, 0.3) is 0 Å². The highest BCUT2D eigenvalue weighted by Crippen LogP contribution is 2.10. The number of Topliss-reactive ketones (excluding diaryl/α,β-unsaturated/α-hetero) is 1. The molecule has 98 valence electrons. The lowest BCUT2D eigenvalue weighted by Gasteiger charge is -2.04. The Balaban J connectivity index is 1.74. The zero-order valence-electron chi connectivity index (χ0n) is 10.5. The molecule has 3 nitrogen and oxygen atoms in total. The van der Waals surface area contributed by atoms with Crippen LogP contribution >= 0.6 is 11.6 Å². The molecular weight excluding hydrogens is 260 g/mol. The molecule has 0 amide bonds. The van der Waals surface area contributed by atoms with Crippen LogP contribution < -0.4 is 5.32 Å². The van der Waals surface area contributed by atoms with E-state index in [1.165, 1.54) is 0 Å². The number of hydrogen-bond donors (Lipinski definition) is 1. The molecular formula is C15H15ClN2O. The topological polar surface area (TPSA) is 42.0 Å². The third kappa shape index (κ3) is 4.47. The first-order chi connectivity index (χ1) is 9.25. The highest BCUT2D eigenvalue weighted by Gasteiger charge is 2.04. The average Bonchev–Trinajstić information content (AvgIpc) is 2.45. The number of halogens is 1. The van der Waals surface area contributed by atoms with Gasteiger partial charge in [0, 0.05) is 42.5 Å². The molecule has 0 unspecified atom stereocenters. The smallest absolute Gasteiger partial charge is 0.164 e. The van der Waals surface area contributed by atoms with Gasteiger partial charge in [-0.2, -0.15) is 0 Å². The van der Waals surface area contributed by atoms with Crippen molar-refractivity contribution in [2.45, 2.75) is 13.0 Å². The molecule has 0 saturated carbocycles. The average molecular weight is 275 g/mol. The van der Waals surface area contributed by atoms with E-state index in [0.29, 0.717) is 23.6 Å². The summed E-state index contributed by atoms with van der Waals surface area (Å²) in [5.74, 6) is 0.121. The van der Waals surface area contributed by atoms with Gasteiger partial charge in [0.15, 0.2) is 5.78 Å². The second-order valence-corrected chi connectivity index (χ2v) is 4.65. The van der Waals surface area contributed by atoms with Gasteiger partial charge in [0.25, 0.3) is 0 Å². The van der Waals surface area contributed by atoms with Crippen LogP contribution in [0.15, 0.2) is 48.8 Å². The van der Waals surface area contributed by atoms with Gasteiger partial charge in [0.05, 0.1) is 0 Å². The summed E-state index contributed by atoms with van der Waals surface area (Å²) in [6.45, 7) is 1.37. The summed E-state index contributed by atoms with van der Waals surface area (Å²) in [4.78, 5) is 15.9. The first-order valence-electron chi connectivity index (χ1n) is 6.14. The molecule has 2 rings (SSSR count). The van der Waals surface area contributed by atoms with Crippen molar-refractivity contribution in [3.8, 4) is 0 Å². The predicted molar refractivity (Wildman–Crippen MR) is 76.3 cm³/mol. The van der Waals surface area contributed by atoms with E-state index >= 15 is 0 Å². The fourth-order valence-electron chi connectivity index (χ4n) is 1.72. The number of nitrogens with one attached hydrogen (secondary N) is 1. The number of pyridine rings is 1. The molecule has 1 aromatic heterocycles. The van der Waals surface area contributed by atoms with E-state index < -0.39 is 0 Å². The second-order valence-electron chi connectivity index (χ2n) is 4.22. The molecule has 0 spiro atoms. The van der Waals surface area contributed by atoms with Gasteiger partial charge in [0.1, 0.15) is 0 Å². The van der Waals surface area contributed by atoms with E-state index in [0.717, 1.165) is 12.1 Å². The maximum atomic E-state index is 11.9. The van der Waals surface area contributed by atoms with Crippen molar-refractivity contribution in [1.82, 2.24) is 10.3 Å². The number of hydrogen-bond acceptors (Lipinski definition) is 3. The third-order valence-electron chi connectivity index (χ3n) is 2.75. The molecule has 4 heteroatoms. The first kappa shape index (κ1) is 13.7. The lowest BCUT2D eigenvalue weighted by atomic mass is 10.1. The fraction of sp³-hybridized carbons (Fsp3) is 0.200. The van der Waals surface area contributed by atoms with Crippen molar-refractivity contribution in [3.63, 3.8) is 0 Å². The van der Waals surface area contributed by atoms with Crippen molar-refractivity contribution in [1.29, 1.82) is 0 Å². The summed E-state index contributed by atoms with van der Waals surface area (Å²) in [7, 11) is 0. The number of carbonyl (C=O) groups excluding carboxylic acids is 1. The van der Waals surface area contributed by atoms with E-state index in [-0.39, 0.29) is 5.78 Å². The quantitative estimate of drug-likeness (QED) is 0.650. The van der Waals surface area contributed by atoms with Gasteiger partial charge in [-0.15, -0.1) is 0 Å². The van der Waals surface area contributed by atoms with Crippen LogP contribution in [0.5, 0.6) is 0 Å². The lowest BCUT2D eigenvalue weighted by Crippen LogP contribution is -2.18. The normalized spacial score (nSPS) is 10.4. The van der Waals surface area contributed by atoms with E-state index in [4.69, 9.17) is 11.6 Å². The molecule has 0 aliphatic heterocycles. The van der Waals surface area contributed by atoms with Crippen molar-refractivity contribution in [3.05, 3.63) is 64.9 Å². The zero-order valence-corrected chi connectivity index (χ0v) is 11.2. The molecule has 1 N–H and O–H groups in total. The molecule has 0 bridgehead atoms. The molecule has 1 heterocycles. The number of aromatic nitrogens is 1. The van der Waals surface area contributed by atoms with E-state index in [2.05, 4.69) is 10.3 Å². The van der Waals surface area contributed by atoms with E-state index in [1.807, 2.05) is 18.3 Å². The van der Waals surface area contributed by atoms with Gasteiger partial charge in [-0.1, -0.05) is 17.7 Å². The van der Waals surface area contributed by atoms with Crippen LogP contribution in [0.1, 0.15) is 22.3 Å². The minimum atomic E-state index is 0.121. The second kappa shape index (κ2) is 7.02. The molecule has 0 aliphatic rings. The zero-order chi connectivity index (χ0) is 13.5. The van der Waals surface area contributed by atoms with Gasteiger partial charge < -0.3 is 5.32 Å². The SMILES string of the molecule is O=C(CCNCc1cccnc1)c1ccc(Cl)cc1. The molecule has 19 heavy (non-hydrogen) atoms. The number of benzene rings is 1. The lowest BCUT2D eigenvalue weighted by molar-refractivity contribution is 0.0982. The number of rotatable bonds is 6. The first-order valence-corrected chi connectivity index (χ1v) is 6.52. The molecule has 0 fully saturated rings. The molecule has 0 saturated heterocycles. The Labute approximate surface area is 117 Å². The summed E-state index contributed by atoms with van der Waals surface area (Å²) in [5.41, 5.74) is 1.81. The van der Waals surface area contributed by atoms with Crippen molar-refractivity contribution in [2.24, 2.45) is 0 Å². The highest BCUT2D eigenvalue weighted by atomic mass is 35.5. The van der Waals surface area contributed by atoms with Crippen LogP contribution in [0.4, 0.5) is 0 Å². The Morgan fingerprint density at radius 1 is 1.21 bits per heavy atom. The van der Waals surface area contributed by atoms with Crippen LogP contribution in [0.2, 0.25) is 5.02 Å². The Morgan fingerprint density at radius 2 is 2.00 bits per heavy atom. The summed E-state index contributed by atoms with van der Waals surface area (Å²) in [6, 6.07) is 10.9. The van der Waals surface area contributed by atoms with Crippen LogP contribution in [0.3, 0.4) is 0 Å². The number of nitrogens with zero attached hydrogens (tertiary/aromatic N) is 1. The van der Waals surface area contributed by atoms with Crippen molar-refractivity contribution < 1.29 is 4.79 Å². The standard InChI is InChI=1S/C15H15ClN2O/c16-14-5-3-13(4-6-14)15(19)7-9-18-11-12-2-1-8-17-10-12/h1-6,8,10,18H,7,9,11H2. The Bertz CT molecular complexity index is 526. The molecule has 1 aromatic carbocycles. The van der Waals surface area contributed by atoms with E-state index in [1.54, 1.807) is 30.5 Å². The monoisotopic (exact) mass is 274 g/mol. The number of carbonyl (C=O) groups is 1. The Kier molecular flexibility index (Phi) is 5.07. The highest BCUT2D eigenvalue weighted by molar-refractivity contribution is 6.30. The molecule has 0 aliphatic carbocycles. The minimum absolute atomic E-state index is 0.121. The van der Waals surface area contributed by atoms with Gasteiger partial charge in [-0.05, 0) is 35.9 Å². The minimum Gasteiger partial charge on any atom is -0.312 e. The maximum absolute atomic E-state index is 11.9. The van der Waals surface area contributed by atoms with Crippen LogP contribution in [0, 0.1) is 0 Å². The molecule has 2 aromatic rings. The van der Waals surface area contributed by atoms with Crippen LogP contribution in [-0.4, -0.2) is 17.3 Å². The Morgan fingerprint density at radius 3 is 2.68 bits per heavy atom. The summed E-state index contributed by atoms with van der Waals surface area (Å²) in [5, 5.41) is 3.87.